The third kappa shape index (κ3) is 4.85. The van der Waals surface area contributed by atoms with Gasteiger partial charge in [-0.15, -0.1) is 0 Å². The van der Waals surface area contributed by atoms with Crippen molar-refractivity contribution in [2.45, 2.75) is 26.7 Å². The van der Waals surface area contributed by atoms with Crippen LogP contribution in [0.2, 0.25) is 0 Å². The number of anilines is 1. The van der Waals surface area contributed by atoms with Crippen molar-refractivity contribution in [3.05, 3.63) is 29.3 Å². The average Bonchev–Trinajstić information content (AvgIpc) is 2.45. The smallest absolute Gasteiger partial charge is 0.255 e. The van der Waals surface area contributed by atoms with E-state index in [1.807, 2.05) is 32.2 Å². The Hall–Kier alpha value is -1.55. The minimum absolute atomic E-state index is 0.0587. The first kappa shape index (κ1) is 16.5. The molecule has 0 fully saturated rings. The molecule has 0 saturated carbocycles. The van der Waals surface area contributed by atoms with Gasteiger partial charge in [0.2, 0.25) is 0 Å². The lowest BCUT2D eigenvalue weighted by Crippen LogP contribution is -2.29. The van der Waals surface area contributed by atoms with Gasteiger partial charge in [-0.1, -0.05) is 18.6 Å². The van der Waals surface area contributed by atoms with E-state index in [0.29, 0.717) is 13.2 Å². The van der Waals surface area contributed by atoms with Crippen LogP contribution in [0.4, 0.5) is 5.69 Å². The summed E-state index contributed by atoms with van der Waals surface area (Å²) in [7, 11) is 3.51. The number of amides is 1. The van der Waals surface area contributed by atoms with Crippen molar-refractivity contribution in [2.75, 3.05) is 39.2 Å². The highest BCUT2D eigenvalue weighted by atomic mass is 16.5. The van der Waals surface area contributed by atoms with Crippen molar-refractivity contribution in [1.29, 1.82) is 0 Å². The van der Waals surface area contributed by atoms with Crippen LogP contribution < -0.4 is 5.32 Å². The first-order valence-electron chi connectivity index (χ1n) is 7.19. The molecule has 0 heterocycles. The summed E-state index contributed by atoms with van der Waals surface area (Å²) >= 11 is 0. The molecule has 0 aliphatic carbocycles. The van der Waals surface area contributed by atoms with Crippen molar-refractivity contribution in [3.8, 4) is 0 Å². The molecule has 1 rings (SSSR count). The molecule has 0 aliphatic rings. The summed E-state index contributed by atoms with van der Waals surface area (Å²) in [5.74, 6) is 0.0587. The molecule has 112 valence electrons. The van der Waals surface area contributed by atoms with Gasteiger partial charge >= 0.3 is 0 Å². The Bertz CT molecular complexity index is 432. The summed E-state index contributed by atoms with van der Waals surface area (Å²) in [4.78, 5) is 14.3. The van der Waals surface area contributed by atoms with Gasteiger partial charge in [0.25, 0.3) is 5.91 Å². The van der Waals surface area contributed by atoms with E-state index in [2.05, 4.69) is 12.2 Å². The van der Waals surface area contributed by atoms with Gasteiger partial charge in [0.1, 0.15) is 0 Å². The zero-order chi connectivity index (χ0) is 15.0. The van der Waals surface area contributed by atoms with E-state index in [1.165, 1.54) is 0 Å². The topological polar surface area (TPSA) is 41.6 Å². The van der Waals surface area contributed by atoms with Crippen LogP contribution in [0.1, 0.15) is 35.7 Å². The van der Waals surface area contributed by atoms with Crippen molar-refractivity contribution < 1.29 is 9.53 Å². The van der Waals surface area contributed by atoms with Crippen LogP contribution >= 0.6 is 0 Å². The van der Waals surface area contributed by atoms with E-state index in [4.69, 9.17) is 4.74 Å². The number of nitrogens with one attached hydrogen (secondary N) is 1. The van der Waals surface area contributed by atoms with Gasteiger partial charge in [-0.2, -0.15) is 0 Å². The highest BCUT2D eigenvalue weighted by Crippen LogP contribution is 2.19. The van der Waals surface area contributed by atoms with Gasteiger partial charge in [-0.25, -0.2) is 0 Å². The Kier molecular flexibility index (Phi) is 7.09. The van der Waals surface area contributed by atoms with E-state index >= 15 is 0 Å². The molecule has 0 radical (unpaired) electrons. The molecule has 1 amide bonds. The predicted octanol–water partition coefficient (Wildman–Crippen LogP) is 2.93. The SMILES string of the molecule is CCCNc1ccc(C)cc1C(=O)N(C)CCCOC. The molecule has 1 N–H and O–H groups in total. The number of carbonyl (C=O) groups excluding carboxylic acids is 1. The fraction of sp³-hybridized carbons (Fsp3) is 0.562. The monoisotopic (exact) mass is 278 g/mol. The van der Waals surface area contributed by atoms with Crippen LogP contribution in [-0.2, 0) is 4.74 Å². The summed E-state index contributed by atoms with van der Waals surface area (Å²) in [6, 6.07) is 5.97. The first-order valence-corrected chi connectivity index (χ1v) is 7.19. The summed E-state index contributed by atoms with van der Waals surface area (Å²) < 4.78 is 5.02. The maximum Gasteiger partial charge on any atom is 0.255 e. The summed E-state index contributed by atoms with van der Waals surface area (Å²) in [5.41, 5.74) is 2.76. The standard InChI is InChI=1S/C16H26N2O2/c1-5-9-17-15-8-7-13(2)12-14(15)16(19)18(3)10-6-11-20-4/h7-8,12,17H,5-6,9-11H2,1-4H3. The lowest BCUT2D eigenvalue weighted by Gasteiger charge is -2.20. The van der Waals surface area contributed by atoms with E-state index < -0.39 is 0 Å². The maximum atomic E-state index is 12.5. The fourth-order valence-electron chi connectivity index (χ4n) is 2.00. The molecule has 0 aromatic heterocycles. The van der Waals surface area contributed by atoms with Crippen molar-refractivity contribution >= 4 is 11.6 Å². The molecule has 1 aromatic rings. The number of rotatable bonds is 8. The molecule has 20 heavy (non-hydrogen) atoms. The second-order valence-electron chi connectivity index (χ2n) is 5.05. The number of hydrogen-bond acceptors (Lipinski definition) is 3. The maximum absolute atomic E-state index is 12.5. The number of aryl methyl sites for hydroxylation is 1. The van der Waals surface area contributed by atoms with Crippen molar-refractivity contribution in [3.63, 3.8) is 0 Å². The molecule has 0 aliphatic heterocycles. The van der Waals surface area contributed by atoms with Crippen LogP contribution in [0.5, 0.6) is 0 Å². The van der Waals surface area contributed by atoms with Crippen LogP contribution in [0, 0.1) is 6.92 Å². The van der Waals surface area contributed by atoms with E-state index in [-0.39, 0.29) is 5.91 Å². The van der Waals surface area contributed by atoms with Crippen molar-refractivity contribution in [1.82, 2.24) is 4.90 Å². The number of carbonyl (C=O) groups is 1. The largest absolute Gasteiger partial charge is 0.385 e. The third-order valence-corrected chi connectivity index (χ3v) is 3.16. The number of ether oxygens (including phenoxy) is 1. The molecular formula is C16H26N2O2. The predicted molar refractivity (Wildman–Crippen MR) is 83.4 cm³/mol. The fourth-order valence-corrected chi connectivity index (χ4v) is 2.00. The second-order valence-corrected chi connectivity index (χ2v) is 5.05. The molecule has 0 saturated heterocycles. The zero-order valence-corrected chi connectivity index (χ0v) is 13.0. The molecule has 0 bridgehead atoms. The van der Waals surface area contributed by atoms with E-state index in [9.17, 15) is 4.79 Å². The van der Waals surface area contributed by atoms with Crippen LogP contribution in [0.25, 0.3) is 0 Å². The highest BCUT2D eigenvalue weighted by molar-refractivity contribution is 5.99. The minimum atomic E-state index is 0.0587. The quantitative estimate of drug-likeness (QED) is 0.743. The summed E-state index contributed by atoms with van der Waals surface area (Å²) in [5, 5.41) is 3.32. The number of nitrogens with zero attached hydrogens (tertiary/aromatic N) is 1. The average molecular weight is 278 g/mol. The van der Waals surface area contributed by atoms with Crippen LogP contribution in [-0.4, -0.2) is 44.7 Å². The van der Waals surface area contributed by atoms with Crippen LogP contribution in [0.3, 0.4) is 0 Å². The van der Waals surface area contributed by atoms with Gasteiger partial charge in [-0.3, -0.25) is 4.79 Å². The van der Waals surface area contributed by atoms with Gasteiger partial charge in [0.05, 0.1) is 5.56 Å². The van der Waals surface area contributed by atoms with E-state index in [1.54, 1.807) is 12.0 Å². The lowest BCUT2D eigenvalue weighted by molar-refractivity contribution is 0.0780. The Morgan fingerprint density at radius 2 is 2.15 bits per heavy atom. The first-order chi connectivity index (χ1) is 9.60. The Morgan fingerprint density at radius 3 is 2.80 bits per heavy atom. The highest BCUT2D eigenvalue weighted by Gasteiger charge is 2.15. The van der Waals surface area contributed by atoms with Gasteiger partial charge < -0.3 is 15.0 Å². The zero-order valence-electron chi connectivity index (χ0n) is 13.0. The molecule has 0 atom stereocenters. The number of hydrogen-bond donors (Lipinski definition) is 1. The Morgan fingerprint density at radius 1 is 1.40 bits per heavy atom. The minimum Gasteiger partial charge on any atom is -0.385 e. The Labute approximate surface area is 122 Å². The summed E-state index contributed by atoms with van der Waals surface area (Å²) in [6.45, 7) is 6.36. The second kappa shape index (κ2) is 8.59. The number of benzene rings is 1. The normalized spacial score (nSPS) is 10.4. The van der Waals surface area contributed by atoms with Gasteiger partial charge in [0.15, 0.2) is 0 Å². The molecule has 0 unspecified atom stereocenters. The lowest BCUT2D eigenvalue weighted by atomic mass is 10.1. The van der Waals surface area contributed by atoms with Crippen molar-refractivity contribution in [2.24, 2.45) is 0 Å². The third-order valence-electron chi connectivity index (χ3n) is 3.16. The molecule has 1 aromatic carbocycles. The van der Waals surface area contributed by atoms with Gasteiger partial charge in [-0.05, 0) is 31.9 Å². The molecule has 4 nitrogen and oxygen atoms in total. The van der Waals surface area contributed by atoms with Crippen LogP contribution in [0.15, 0.2) is 18.2 Å². The van der Waals surface area contributed by atoms with E-state index in [0.717, 1.165) is 36.2 Å². The molecular weight excluding hydrogens is 252 g/mol. The molecule has 0 spiro atoms. The van der Waals surface area contributed by atoms with Gasteiger partial charge in [0, 0.05) is 39.5 Å². The number of methoxy groups -OCH3 is 1. The summed E-state index contributed by atoms with van der Waals surface area (Å²) in [6.07, 6.45) is 1.88. The Balaban J connectivity index is 2.81. The molecule has 4 heteroatoms.